The van der Waals surface area contributed by atoms with E-state index in [4.69, 9.17) is 5.73 Å². The maximum absolute atomic E-state index is 13.5. The Hall–Kier alpha value is -1.41. The molecule has 0 aliphatic heterocycles. The minimum atomic E-state index is -2.65. The third kappa shape index (κ3) is 3.57. The van der Waals surface area contributed by atoms with E-state index >= 15 is 0 Å². The molecule has 2 atom stereocenters. The molecule has 1 rings (SSSR count). The number of alkyl halides is 1. The second-order valence-corrected chi connectivity index (χ2v) is 3.56. The highest BCUT2D eigenvalue weighted by atomic mass is 35.5. The van der Waals surface area contributed by atoms with Gasteiger partial charge in [-0.3, -0.25) is 0 Å². The molecule has 0 bridgehead atoms. The number of carbonyl (C=O) groups is 1. The van der Waals surface area contributed by atoms with Gasteiger partial charge in [-0.05, 0) is 6.92 Å². The highest BCUT2D eigenvalue weighted by molar-refractivity contribution is 5.85. The lowest BCUT2D eigenvalue weighted by molar-refractivity contribution is -0.150. The van der Waals surface area contributed by atoms with Crippen LogP contribution >= 0.6 is 12.4 Å². The van der Waals surface area contributed by atoms with Crippen molar-refractivity contribution >= 4 is 18.4 Å². The quantitative estimate of drug-likeness (QED) is 0.527. The number of benzene rings is 1. The fraction of sp³-hybridized carbons (Fsp3) is 0.364. The molecule has 0 aromatic heterocycles. The zero-order chi connectivity index (χ0) is 14.7. The summed E-state index contributed by atoms with van der Waals surface area (Å²) in [6.07, 6.45) is -2.65. The van der Waals surface area contributed by atoms with Crippen molar-refractivity contribution in [3.8, 4) is 0 Å². The van der Waals surface area contributed by atoms with E-state index in [-0.39, 0.29) is 25.1 Å². The van der Waals surface area contributed by atoms with E-state index in [2.05, 4.69) is 4.74 Å². The molecule has 1 aromatic carbocycles. The van der Waals surface area contributed by atoms with Crippen LogP contribution in [0, 0.1) is 23.3 Å². The van der Waals surface area contributed by atoms with Gasteiger partial charge in [0.1, 0.15) is 0 Å². The van der Waals surface area contributed by atoms with E-state index in [0.717, 1.165) is 0 Å². The van der Waals surface area contributed by atoms with E-state index in [0.29, 0.717) is 0 Å². The van der Waals surface area contributed by atoms with Gasteiger partial charge in [-0.15, -0.1) is 12.4 Å². The van der Waals surface area contributed by atoms with E-state index in [9.17, 15) is 26.7 Å². The maximum Gasteiger partial charge on any atom is 0.342 e. The molecule has 0 aliphatic carbocycles. The van der Waals surface area contributed by atoms with Crippen LogP contribution in [0.2, 0.25) is 0 Å². The third-order valence-corrected chi connectivity index (χ3v) is 2.31. The third-order valence-electron chi connectivity index (χ3n) is 2.31. The van der Waals surface area contributed by atoms with Crippen molar-refractivity contribution in [2.24, 2.45) is 5.73 Å². The van der Waals surface area contributed by atoms with Crippen LogP contribution in [0.15, 0.2) is 6.07 Å². The first-order valence-electron chi connectivity index (χ1n) is 5.20. The molecule has 0 amide bonds. The molecule has 0 aliphatic rings. The van der Waals surface area contributed by atoms with Crippen molar-refractivity contribution in [3.63, 3.8) is 0 Å². The standard InChI is InChI=1S/C11H10F5NO2.ClH/c1-2-19-11(18)9(16)10(17)6-7(14)4(12)3-5(13)8(6)15;/h3,9-10H,2,17H2,1H3;1H/t9?,10-;/m1./s1. The Morgan fingerprint density at radius 2 is 1.70 bits per heavy atom. The molecule has 3 nitrogen and oxygen atoms in total. The second-order valence-electron chi connectivity index (χ2n) is 3.56. The van der Waals surface area contributed by atoms with Gasteiger partial charge in [-0.2, -0.15) is 0 Å². The summed E-state index contributed by atoms with van der Waals surface area (Å²) >= 11 is 0. The average Bonchev–Trinajstić information content (AvgIpc) is 2.36. The number of hydrogen-bond donors (Lipinski definition) is 1. The van der Waals surface area contributed by atoms with Gasteiger partial charge in [-0.1, -0.05) is 0 Å². The van der Waals surface area contributed by atoms with Crippen LogP contribution in [0.1, 0.15) is 18.5 Å². The van der Waals surface area contributed by atoms with Gasteiger partial charge in [0.05, 0.1) is 12.6 Å². The van der Waals surface area contributed by atoms with Crippen molar-refractivity contribution in [1.29, 1.82) is 0 Å². The largest absolute Gasteiger partial charge is 0.464 e. The van der Waals surface area contributed by atoms with Gasteiger partial charge in [0, 0.05) is 11.6 Å². The highest BCUT2D eigenvalue weighted by Crippen LogP contribution is 2.27. The molecule has 0 radical (unpaired) electrons. The Morgan fingerprint density at radius 1 is 1.25 bits per heavy atom. The van der Waals surface area contributed by atoms with Gasteiger partial charge in [0.15, 0.2) is 23.3 Å². The number of ether oxygens (including phenoxy) is 1. The molecule has 0 heterocycles. The number of rotatable bonds is 4. The Balaban J connectivity index is 0.00000361. The molecule has 1 unspecified atom stereocenters. The van der Waals surface area contributed by atoms with Gasteiger partial charge in [0.25, 0.3) is 0 Å². The number of nitrogens with two attached hydrogens (primary N) is 1. The van der Waals surface area contributed by atoms with Crippen LogP contribution in [0.3, 0.4) is 0 Å². The lowest BCUT2D eigenvalue weighted by Gasteiger charge is -2.17. The zero-order valence-corrected chi connectivity index (χ0v) is 10.9. The molecule has 1 aromatic rings. The Kier molecular flexibility index (Phi) is 6.87. The fourth-order valence-electron chi connectivity index (χ4n) is 1.40. The summed E-state index contributed by atoms with van der Waals surface area (Å²) in [6.45, 7) is 1.19. The lowest BCUT2D eigenvalue weighted by atomic mass is 10.0. The summed E-state index contributed by atoms with van der Waals surface area (Å²) in [5.41, 5.74) is 3.74. The van der Waals surface area contributed by atoms with Crippen molar-refractivity contribution in [3.05, 3.63) is 34.9 Å². The molecular formula is C11H11ClF5NO2. The highest BCUT2D eigenvalue weighted by Gasteiger charge is 2.34. The van der Waals surface area contributed by atoms with Gasteiger partial charge in [-0.25, -0.2) is 26.7 Å². The van der Waals surface area contributed by atoms with Crippen molar-refractivity contribution in [2.45, 2.75) is 19.1 Å². The van der Waals surface area contributed by atoms with E-state index < -0.39 is 47.0 Å². The minimum Gasteiger partial charge on any atom is -0.464 e. The van der Waals surface area contributed by atoms with Gasteiger partial charge < -0.3 is 10.5 Å². The number of esters is 1. The van der Waals surface area contributed by atoms with Gasteiger partial charge in [0.2, 0.25) is 6.17 Å². The van der Waals surface area contributed by atoms with Crippen LogP contribution in [0.5, 0.6) is 0 Å². The first kappa shape index (κ1) is 18.6. The molecule has 9 heteroatoms. The molecule has 0 fully saturated rings. The SMILES string of the molecule is CCOC(=O)C(F)[C@H](N)c1c(F)c(F)cc(F)c1F.Cl. The summed E-state index contributed by atoms with van der Waals surface area (Å²) in [5.74, 6) is -8.64. The summed E-state index contributed by atoms with van der Waals surface area (Å²) < 4.78 is 70.2. The Labute approximate surface area is 117 Å². The van der Waals surface area contributed by atoms with E-state index in [1.807, 2.05) is 0 Å². The van der Waals surface area contributed by atoms with Crippen LogP contribution < -0.4 is 5.73 Å². The number of carbonyl (C=O) groups excluding carboxylic acids is 1. The fourth-order valence-corrected chi connectivity index (χ4v) is 1.40. The molecule has 0 spiro atoms. The normalized spacial score (nSPS) is 13.3. The van der Waals surface area contributed by atoms with Crippen molar-refractivity contribution in [1.82, 2.24) is 0 Å². The molecule has 114 valence electrons. The number of hydrogen-bond acceptors (Lipinski definition) is 3. The molecule has 20 heavy (non-hydrogen) atoms. The van der Waals surface area contributed by atoms with Crippen molar-refractivity contribution in [2.75, 3.05) is 6.61 Å². The van der Waals surface area contributed by atoms with E-state index in [1.165, 1.54) is 6.92 Å². The maximum atomic E-state index is 13.5. The Morgan fingerprint density at radius 3 is 2.10 bits per heavy atom. The minimum absolute atomic E-state index is 0. The first-order valence-corrected chi connectivity index (χ1v) is 5.20. The molecular weight excluding hydrogens is 309 g/mol. The first-order chi connectivity index (χ1) is 8.81. The molecule has 0 saturated carbocycles. The van der Waals surface area contributed by atoms with Crippen LogP contribution in [-0.4, -0.2) is 18.7 Å². The monoisotopic (exact) mass is 319 g/mol. The van der Waals surface area contributed by atoms with Gasteiger partial charge >= 0.3 is 5.97 Å². The summed E-state index contributed by atoms with van der Waals surface area (Å²) in [6, 6.07) is -2.26. The summed E-state index contributed by atoms with van der Waals surface area (Å²) in [7, 11) is 0. The average molecular weight is 320 g/mol. The number of halogens is 6. The predicted molar refractivity (Wildman–Crippen MR) is 62.0 cm³/mol. The summed E-state index contributed by atoms with van der Waals surface area (Å²) in [4.78, 5) is 11.0. The molecule has 2 N–H and O–H groups in total. The zero-order valence-electron chi connectivity index (χ0n) is 10.1. The van der Waals surface area contributed by atoms with Crippen molar-refractivity contribution < 1.29 is 31.5 Å². The van der Waals surface area contributed by atoms with Crippen LogP contribution in [0.25, 0.3) is 0 Å². The topological polar surface area (TPSA) is 52.3 Å². The Bertz CT molecular complexity index is 474. The predicted octanol–water partition coefficient (Wildman–Crippen LogP) is 2.57. The smallest absolute Gasteiger partial charge is 0.342 e. The van der Waals surface area contributed by atoms with Crippen LogP contribution in [-0.2, 0) is 9.53 Å². The van der Waals surface area contributed by atoms with E-state index in [1.54, 1.807) is 0 Å². The summed E-state index contributed by atoms with van der Waals surface area (Å²) in [5, 5.41) is 0. The molecule has 0 saturated heterocycles. The second kappa shape index (κ2) is 7.39. The van der Waals surface area contributed by atoms with Crippen LogP contribution in [0.4, 0.5) is 22.0 Å². The lowest BCUT2D eigenvalue weighted by Crippen LogP contribution is -2.33.